The third kappa shape index (κ3) is 4.32. The highest BCUT2D eigenvalue weighted by Crippen LogP contribution is 2.19. The summed E-state index contributed by atoms with van der Waals surface area (Å²) in [4.78, 5) is 10.9. The number of hydroxylamine groups is 1. The van der Waals surface area contributed by atoms with Crippen LogP contribution in [0.5, 0.6) is 5.75 Å². The maximum Gasteiger partial charge on any atom is 0.431 e. The average molecular weight is 239 g/mol. The first-order chi connectivity index (χ1) is 7.96. The summed E-state index contributed by atoms with van der Waals surface area (Å²) < 4.78 is 10.1. The highest BCUT2D eigenvalue weighted by Gasteiger charge is 2.23. The predicted molar refractivity (Wildman–Crippen MR) is 62.2 cm³/mol. The molecular weight excluding hydrogens is 222 g/mol. The van der Waals surface area contributed by atoms with E-state index in [4.69, 9.17) is 14.7 Å². The van der Waals surface area contributed by atoms with Crippen molar-refractivity contribution in [2.75, 3.05) is 7.11 Å². The molecule has 0 saturated heterocycles. The van der Waals surface area contributed by atoms with Gasteiger partial charge >= 0.3 is 6.09 Å². The van der Waals surface area contributed by atoms with Gasteiger partial charge in [-0.3, -0.25) is 5.21 Å². The average Bonchev–Trinajstić information content (AvgIpc) is 2.28. The second-order valence-corrected chi connectivity index (χ2v) is 4.29. The van der Waals surface area contributed by atoms with Crippen LogP contribution in [0, 0.1) is 0 Å². The molecule has 0 aromatic heterocycles. The number of nitrogens with one attached hydrogen (secondary N) is 1. The molecule has 0 saturated carbocycles. The van der Waals surface area contributed by atoms with Crippen LogP contribution in [0.3, 0.4) is 0 Å². The zero-order chi connectivity index (χ0) is 12.9. The predicted octanol–water partition coefficient (Wildman–Crippen LogP) is 2.13. The van der Waals surface area contributed by atoms with E-state index in [0.29, 0.717) is 6.42 Å². The summed E-state index contributed by atoms with van der Waals surface area (Å²) in [5.74, 6) is 0.778. The molecule has 17 heavy (non-hydrogen) atoms. The Hall–Kier alpha value is -1.75. The van der Waals surface area contributed by atoms with E-state index in [-0.39, 0.29) is 0 Å². The van der Waals surface area contributed by atoms with E-state index in [1.54, 1.807) is 21.0 Å². The van der Waals surface area contributed by atoms with Crippen molar-refractivity contribution in [3.63, 3.8) is 0 Å². The van der Waals surface area contributed by atoms with Crippen LogP contribution >= 0.6 is 0 Å². The normalized spacial score (nSPS) is 10.8. The topological polar surface area (TPSA) is 67.8 Å². The molecule has 0 aliphatic carbocycles. The van der Waals surface area contributed by atoms with Gasteiger partial charge < -0.3 is 9.47 Å². The van der Waals surface area contributed by atoms with Gasteiger partial charge in [-0.15, -0.1) is 0 Å². The van der Waals surface area contributed by atoms with Crippen LogP contribution in [0.1, 0.15) is 19.4 Å². The van der Waals surface area contributed by atoms with Gasteiger partial charge in [0.05, 0.1) is 7.11 Å². The van der Waals surface area contributed by atoms with Gasteiger partial charge in [0.15, 0.2) is 0 Å². The summed E-state index contributed by atoms with van der Waals surface area (Å²) in [5.41, 5.74) is 1.77. The Balaban J connectivity index is 2.65. The third-order valence-corrected chi connectivity index (χ3v) is 2.25. The first-order valence-electron chi connectivity index (χ1n) is 5.23. The fourth-order valence-electron chi connectivity index (χ4n) is 1.54. The van der Waals surface area contributed by atoms with Gasteiger partial charge in [0.1, 0.15) is 11.4 Å². The number of methoxy groups -OCH3 is 1. The molecule has 0 aliphatic rings. The SMILES string of the molecule is COc1ccc(CC(C)(C)OC(=O)NO)cc1. The number of hydrogen-bond donors (Lipinski definition) is 2. The molecule has 1 aromatic carbocycles. The molecule has 0 bridgehead atoms. The van der Waals surface area contributed by atoms with Crippen LogP contribution in [-0.2, 0) is 11.2 Å². The summed E-state index contributed by atoms with van der Waals surface area (Å²) in [6.07, 6.45) is -0.312. The van der Waals surface area contributed by atoms with Crippen molar-refractivity contribution in [2.45, 2.75) is 25.9 Å². The van der Waals surface area contributed by atoms with E-state index < -0.39 is 11.7 Å². The van der Waals surface area contributed by atoms with Gasteiger partial charge in [-0.05, 0) is 31.5 Å². The smallest absolute Gasteiger partial charge is 0.431 e. The molecule has 5 nitrogen and oxygen atoms in total. The molecule has 5 heteroatoms. The van der Waals surface area contributed by atoms with E-state index in [1.165, 1.54) is 5.48 Å². The minimum Gasteiger partial charge on any atom is -0.497 e. The Morgan fingerprint density at radius 3 is 2.41 bits per heavy atom. The lowest BCUT2D eigenvalue weighted by molar-refractivity contribution is 0.0126. The molecule has 2 N–H and O–H groups in total. The molecule has 0 fully saturated rings. The van der Waals surface area contributed by atoms with Crippen molar-refractivity contribution >= 4 is 6.09 Å². The van der Waals surface area contributed by atoms with Crippen LogP contribution in [-0.4, -0.2) is 24.0 Å². The highest BCUT2D eigenvalue weighted by molar-refractivity contribution is 5.66. The fourth-order valence-corrected chi connectivity index (χ4v) is 1.54. The Morgan fingerprint density at radius 1 is 1.35 bits per heavy atom. The minimum absolute atomic E-state index is 0.546. The first kappa shape index (κ1) is 13.3. The largest absolute Gasteiger partial charge is 0.497 e. The maximum atomic E-state index is 10.9. The lowest BCUT2D eigenvalue weighted by Crippen LogP contribution is -2.35. The van der Waals surface area contributed by atoms with E-state index in [0.717, 1.165) is 11.3 Å². The summed E-state index contributed by atoms with van der Waals surface area (Å²) in [6, 6.07) is 7.50. The zero-order valence-electron chi connectivity index (χ0n) is 10.2. The van der Waals surface area contributed by atoms with E-state index >= 15 is 0 Å². The molecule has 1 aromatic rings. The van der Waals surface area contributed by atoms with E-state index in [2.05, 4.69) is 0 Å². The number of ether oxygens (including phenoxy) is 2. The standard InChI is InChI=1S/C12H17NO4/c1-12(2,17-11(14)13-15)8-9-4-6-10(16-3)7-5-9/h4-7,15H,8H2,1-3H3,(H,13,14). The third-order valence-electron chi connectivity index (χ3n) is 2.25. The molecule has 0 heterocycles. The second-order valence-electron chi connectivity index (χ2n) is 4.29. The summed E-state index contributed by atoms with van der Waals surface area (Å²) >= 11 is 0. The minimum atomic E-state index is -0.858. The van der Waals surface area contributed by atoms with Crippen LogP contribution in [0.4, 0.5) is 4.79 Å². The van der Waals surface area contributed by atoms with Gasteiger partial charge in [-0.1, -0.05) is 12.1 Å². The maximum absolute atomic E-state index is 10.9. The fraction of sp³-hybridized carbons (Fsp3) is 0.417. The Kier molecular flexibility index (Phi) is 4.34. The number of benzene rings is 1. The van der Waals surface area contributed by atoms with Crippen molar-refractivity contribution in [3.8, 4) is 5.75 Å². The lowest BCUT2D eigenvalue weighted by Gasteiger charge is -2.24. The molecule has 0 spiro atoms. The first-order valence-corrected chi connectivity index (χ1v) is 5.23. The molecule has 0 radical (unpaired) electrons. The monoisotopic (exact) mass is 239 g/mol. The number of amides is 1. The van der Waals surface area contributed by atoms with Gasteiger partial charge in [-0.2, -0.15) is 0 Å². The molecule has 94 valence electrons. The number of carbonyl (C=O) groups excluding carboxylic acids is 1. The molecule has 0 unspecified atom stereocenters. The molecule has 0 aliphatic heterocycles. The van der Waals surface area contributed by atoms with Gasteiger partial charge in [0.25, 0.3) is 0 Å². The van der Waals surface area contributed by atoms with Crippen molar-refractivity contribution < 1.29 is 19.5 Å². The number of hydrogen-bond acceptors (Lipinski definition) is 4. The zero-order valence-corrected chi connectivity index (χ0v) is 10.2. The Morgan fingerprint density at radius 2 is 1.94 bits per heavy atom. The number of carbonyl (C=O) groups is 1. The van der Waals surface area contributed by atoms with Crippen LogP contribution in [0.25, 0.3) is 0 Å². The van der Waals surface area contributed by atoms with Gasteiger partial charge in [-0.25, -0.2) is 10.3 Å². The molecule has 0 atom stereocenters. The van der Waals surface area contributed by atoms with Crippen molar-refractivity contribution in [3.05, 3.63) is 29.8 Å². The lowest BCUT2D eigenvalue weighted by atomic mass is 9.98. The van der Waals surface area contributed by atoms with Crippen LogP contribution < -0.4 is 10.2 Å². The van der Waals surface area contributed by atoms with E-state index in [9.17, 15) is 4.79 Å². The van der Waals surface area contributed by atoms with Crippen LogP contribution in [0.15, 0.2) is 24.3 Å². The van der Waals surface area contributed by atoms with E-state index in [1.807, 2.05) is 24.3 Å². The summed E-state index contributed by atoms with van der Waals surface area (Å²) in [6.45, 7) is 3.54. The van der Waals surface area contributed by atoms with Gasteiger partial charge in [0.2, 0.25) is 0 Å². The van der Waals surface area contributed by atoms with Gasteiger partial charge in [0, 0.05) is 6.42 Å². The number of rotatable bonds is 4. The summed E-state index contributed by atoms with van der Waals surface area (Å²) in [5, 5.41) is 8.39. The molecule has 1 rings (SSSR count). The quantitative estimate of drug-likeness (QED) is 0.624. The Labute approximate surface area is 100 Å². The molecule has 1 amide bonds. The molecular formula is C12H17NO4. The highest BCUT2D eigenvalue weighted by atomic mass is 16.6. The van der Waals surface area contributed by atoms with Crippen molar-refractivity contribution in [2.24, 2.45) is 0 Å². The summed E-state index contributed by atoms with van der Waals surface area (Å²) in [7, 11) is 1.60. The van der Waals surface area contributed by atoms with Crippen LogP contribution in [0.2, 0.25) is 0 Å². The Bertz CT molecular complexity index is 373. The second kappa shape index (κ2) is 5.54. The van der Waals surface area contributed by atoms with Crippen molar-refractivity contribution in [1.82, 2.24) is 5.48 Å². The van der Waals surface area contributed by atoms with Crippen molar-refractivity contribution in [1.29, 1.82) is 0 Å².